The summed E-state index contributed by atoms with van der Waals surface area (Å²) in [7, 11) is 1.79. The molecule has 0 spiro atoms. The molecule has 7 heteroatoms. The number of halogens is 1. The first-order valence-corrected chi connectivity index (χ1v) is 10.1. The Labute approximate surface area is 170 Å². The van der Waals surface area contributed by atoms with Crippen LogP contribution in [0.25, 0.3) is 10.9 Å². The van der Waals surface area contributed by atoms with Crippen LogP contribution in [0.4, 0.5) is 10.2 Å². The number of guanidine groups is 1. The largest absolute Gasteiger partial charge is 0.361 e. The Morgan fingerprint density at radius 2 is 2.14 bits per heavy atom. The first-order valence-electron chi connectivity index (χ1n) is 10.1. The lowest BCUT2D eigenvalue weighted by molar-refractivity contribution is 0.459. The van der Waals surface area contributed by atoms with Crippen molar-refractivity contribution in [3.05, 3.63) is 60.2 Å². The van der Waals surface area contributed by atoms with Crippen molar-refractivity contribution in [2.75, 3.05) is 31.6 Å². The normalized spacial score (nSPS) is 15.7. The van der Waals surface area contributed by atoms with Gasteiger partial charge in [-0.3, -0.25) is 4.99 Å². The third kappa shape index (κ3) is 4.67. The standard InChI is InChI=1S/C22H27FN6/c1-24-22(26-11-7-16-15-27-20-6-5-17(23)14-19(16)20)28-18-8-12-29(13-9-18)21-4-2-3-10-25-21/h2-6,10,14-15,18,27H,7-9,11-13H2,1H3,(H2,24,26,28). The number of H-pyrrole nitrogens is 1. The smallest absolute Gasteiger partial charge is 0.191 e. The van der Waals surface area contributed by atoms with Crippen LogP contribution in [-0.4, -0.2) is 48.7 Å². The molecule has 0 saturated carbocycles. The van der Waals surface area contributed by atoms with E-state index in [1.54, 1.807) is 19.2 Å². The Balaban J connectivity index is 1.25. The van der Waals surface area contributed by atoms with Gasteiger partial charge in [0.05, 0.1) is 0 Å². The van der Waals surface area contributed by atoms with Crippen LogP contribution < -0.4 is 15.5 Å². The average molecular weight is 394 g/mol. The number of nitrogens with one attached hydrogen (secondary N) is 3. The summed E-state index contributed by atoms with van der Waals surface area (Å²) in [5, 5.41) is 7.85. The minimum atomic E-state index is -0.208. The zero-order valence-corrected chi connectivity index (χ0v) is 16.7. The number of aromatic amines is 1. The summed E-state index contributed by atoms with van der Waals surface area (Å²) in [6.07, 6.45) is 6.67. The first kappa shape index (κ1) is 19.2. The van der Waals surface area contributed by atoms with E-state index in [1.807, 2.05) is 24.5 Å². The predicted molar refractivity (Wildman–Crippen MR) is 116 cm³/mol. The van der Waals surface area contributed by atoms with Gasteiger partial charge in [-0.15, -0.1) is 0 Å². The van der Waals surface area contributed by atoms with E-state index in [0.717, 1.165) is 67.1 Å². The van der Waals surface area contributed by atoms with E-state index in [4.69, 9.17) is 0 Å². The van der Waals surface area contributed by atoms with Gasteiger partial charge in [0, 0.05) is 56.0 Å². The molecule has 0 atom stereocenters. The second-order valence-corrected chi connectivity index (χ2v) is 7.35. The molecule has 4 rings (SSSR count). The molecule has 0 aliphatic carbocycles. The maximum Gasteiger partial charge on any atom is 0.191 e. The highest BCUT2D eigenvalue weighted by Gasteiger charge is 2.20. The summed E-state index contributed by atoms with van der Waals surface area (Å²) in [5.41, 5.74) is 2.06. The summed E-state index contributed by atoms with van der Waals surface area (Å²) < 4.78 is 13.5. The molecule has 0 unspecified atom stereocenters. The zero-order chi connectivity index (χ0) is 20.1. The van der Waals surface area contributed by atoms with Gasteiger partial charge in [0.2, 0.25) is 0 Å². The van der Waals surface area contributed by atoms with Crippen molar-refractivity contribution >= 4 is 22.7 Å². The Morgan fingerprint density at radius 1 is 1.28 bits per heavy atom. The van der Waals surface area contributed by atoms with Crippen LogP contribution in [0, 0.1) is 5.82 Å². The molecule has 29 heavy (non-hydrogen) atoms. The summed E-state index contributed by atoms with van der Waals surface area (Å²) in [5.74, 6) is 1.65. The van der Waals surface area contributed by atoms with E-state index < -0.39 is 0 Å². The van der Waals surface area contributed by atoms with Crippen LogP contribution in [-0.2, 0) is 6.42 Å². The number of aromatic nitrogens is 2. The van der Waals surface area contributed by atoms with Gasteiger partial charge < -0.3 is 20.5 Å². The highest BCUT2D eigenvalue weighted by Crippen LogP contribution is 2.20. The number of aliphatic imine (C=N–C) groups is 1. The highest BCUT2D eigenvalue weighted by atomic mass is 19.1. The molecule has 3 heterocycles. The van der Waals surface area contributed by atoms with Crippen molar-refractivity contribution in [1.82, 2.24) is 20.6 Å². The van der Waals surface area contributed by atoms with Crippen molar-refractivity contribution in [1.29, 1.82) is 0 Å². The fourth-order valence-electron chi connectivity index (χ4n) is 3.85. The summed E-state index contributed by atoms with van der Waals surface area (Å²) in [6, 6.07) is 11.3. The molecule has 0 bridgehead atoms. The second-order valence-electron chi connectivity index (χ2n) is 7.35. The van der Waals surface area contributed by atoms with Crippen LogP contribution >= 0.6 is 0 Å². The fourth-order valence-corrected chi connectivity index (χ4v) is 3.85. The van der Waals surface area contributed by atoms with Crippen LogP contribution in [0.3, 0.4) is 0 Å². The van der Waals surface area contributed by atoms with Crippen LogP contribution in [0.15, 0.2) is 53.8 Å². The molecule has 0 amide bonds. The van der Waals surface area contributed by atoms with Gasteiger partial charge in [-0.1, -0.05) is 6.07 Å². The van der Waals surface area contributed by atoms with E-state index in [2.05, 4.69) is 36.6 Å². The first-order chi connectivity index (χ1) is 14.2. The molecule has 3 N–H and O–H groups in total. The number of piperidine rings is 1. The van der Waals surface area contributed by atoms with E-state index >= 15 is 0 Å². The number of anilines is 1. The number of rotatable bonds is 5. The van der Waals surface area contributed by atoms with E-state index in [0.29, 0.717) is 6.04 Å². The summed E-state index contributed by atoms with van der Waals surface area (Å²) in [6.45, 7) is 2.69. The fraction of sp³-hybridized carbons (Fsp3) is 0.364. The topological polar surface area (TPSA) is 68.3 Å². The van der Waals surface area contributed by atoms with Crippen molar-refractivity contribution in [3.63, 3.8) is 0 Å². The van der Waals surface area contributed by atoms with Crippen LogP contribution in [0.2, 0.25) is 0 Å². The number of hydrogen-bond donors (Lipinski definition) is 3. The Hall–Kier alpha value is -3.09. The van der Waals surface area contributed by atoms with Crippen molar-refractivity contribution < 1.29 is 4.39 Å². The quantitative estimate of drug-likeness (QED) is 0.460. The lowest BCUT2D eigenvalue weighted by Crippen LogP contribution is -2.49. The van der Waals surface area contributed by atoms with Gasteiger partial charge in [-0.25, -0.2) is 9.37 Å². The highest BCUT2D eigenvalue weighted by molar-refractivity contribution is 5.83. The maximum atomic E-state index is 13.5. The van der Waals surface area contributed by atoms with Crippen LogP contribution in [0.5, 0.6) is 0 Å². The third-order valence-corrected chi connectivity index (χ3v) is 5.45. The zero-order valence-electron chi connectivity index (χ0n) is 16.7. The van der Waals surface area contributed by atoms with E-state index in [1.165, 1.54) is 6.07 Å². The number of nitrogens with zero attached hydrogens (tertiary/aromatic N) is 3. The molecule has 152 valence electrons. The predicted octanol–water partition coefficient (Wildman–Crippen LogP) is 3.08. The van der Waals surface area contributed by atoms with Gasteiger partial charge in [0.25, 0.3) is 0 Å². The number of hydrogen-bond acceptors (Lipinski definition) is 3. The lowest BCUT2D eigenvalue weighted by Gasteiger charge is -2.33. The van der Waals surface area contributed by atoms with E-state index in [9.17, 15) is 4.39 Å². The van der Waals surface area contributed by atoms with Gasteiger partial charge in [-0.05, 0) is 55.2 Å². The van der Waals surface area contributed by atoms with Gasteiger partial charge in [0.15, 0.2) is 5.96 Å². The number of benzene rings is 1. The van der Waals surface area contributed by atoms with Crippen molar-refractivity contribution in [2.45, 2.75) is 25.3 Å². The molecular weight excluding hydrogens is 367 g/mol. The number of fused-ring (bicyclic) bond motifs is 1. The van der Waals surface area contributed by atoms with Crippen LogP contribution in [0.1, 0.15) is 18.4 Å². The Morgan fingerprint density at radius 3 is 2.90 bits per heavy atom. The SMILES string of the molecule is CN=C(NCCc1c[nH]c2ccc(F)cc12)NC1CCN(c2ccccn2)CC1. The average Bonchev–Trinajstić information content (AvgIpc) is 3.16. The van der Waals surface area contributed by atoms with E-state index in [-0.39, 0.29) is 5.82 Å². The second kappa shape index (κ2) is 8.94. The van der Waals surface area contributed by atoms with Crippen molar-refractivity contribution in [2.24, 2.45) is 4.99 Å². The molecule has 1 aromatic carbocycles. The van der Waals surface area contributed by atoms with Gasteiger partial charge >= 0.3 is 0 Å². The molecule has 6 nitrogen and oxygen atoms in total. The molecule has 1 aliphatic rings. The molecule has 2 aromatic heterocycles. The molecular formula is C22H27FN6. The summed E-state index contributed by atoms with van der Waals surface area (Å²) >= 11 is 0. The van der Waals surface area contributed by atoms with Crippen molar-refractivity contribution in [3.8, 4) is 0 Å². The van der Waals surface area contributed by atoms with Gasteiger partial charge in [-0.2, -0.15) is 0 Å². The monoisotopic (exact) mass is 394 g/mol. The minimum Gasteiger partial charge on any atom is -0.361 e. The molecule has 1 aliphatic heterocycles. The minimum absolute atomic E-state index is 0.208. The maximum absolute atomic E-state index is 13.5. The third-order valence-electron chi connectivity index (χ3n) is 5.45. The summed E-state index contributed by atoms with van der Waals surface area (Å²) in [4.78, 5) is 14.3. The molecule has 0 radical (unpaired) electrons. The molecule has 1 fully saturated rings. The number of pyridine rings is 1. The Bertz CT molecular complexity index is 960. The Kier molecular flexibility index (Phi) is 5.93. The lowest BCUT2D eigenvalue weighted by atomic mass is 10.1. The molecule has 3 aromatic rings. The molecule has 1 saturated heterocycles. The van der Waals surface area contributed by atoms with Gasteiger partial charge in [0.1, 0.15) is 11.6 Å².